The molecule has 0 bridgehead atoms. The molecule has 1 heterocycles. The molecule has 0 saturated carbocycles. The molecule has 0 spiro atoms. The summed E-state index contributed by atoms with van der Waals surface area (Å²) in [6.07, 6.45) is 3.67. The molecule has 0 aliphatic carbocycles. The first-order valence-electron chi connectivity index (χ1n) is 2.45. The molecule has 0 fully saturated rings. The van der Waals surface area contributed by atoms with E-state index in [1.54, 1.807) is 0 Å². The molecule has 0 aromatic carbocycles. The van der Waals surface area contributed by atoms with Gasteiger partial charge in [0.1, 0.15) is 0 Å². The van der Waals surface area contributed by atoms with Crippen molar-refractivity contribution in [2.45, 2.75) is 13.3 Å². The first-order valence-corrected chi connectivity index (χ1v) is 2.82. The molecular weight excluding hydrogens is 124 g/mol. The van der Waals surface area contributed by atoms with Crippen molar-refractivity contribution < 1.29 is 0 Å². The first kappa shape index (κ1) is 5.63. The van der Waals surface area contributed by atoms with Crippen LogP contribution in [0.5, 0.6) is 0 Å². The lowest BCUT2D eigenvalue weighted by molar-refractivity contribution is 1.08. The molecule has 0 aliphatic heterocycles. The van der Waals surface area contributed by atoms with E-state index in [1.807, 2.05) is 6.92 Å². The van der Waals surface area contributed by atoms with Crippen LogP contribution in [-0.2, 0) is 6.42 Å². The summed E-state index contributed by atoms with van der Waals surface area (Å²) >= 11 is 5.57. The van der Waals surface area contributed by atoms with Crippen LogP contribution in [0.3, 0.4) is 0 Å². The fourth-order valence-corrected chi connectivity index (χ4v) is 0.721. The number of rotatable bonds is 1. The molecule has 0 atom stereocenters. The van der Waals surface area contributed by atoms with E-state index in [1.165, 1.54) is 0 Å². The van der Waals surface area contributed by atoms with E-state index in [2.05, 4.69) is 16.4 Å². The highest BCUT2D eigenvalue weighted by Crippen LogP contribution is 2.09. The Morgan fingerprint density at radius 1 is 1.88 bits per heavy atom. The van der Waals surface area contributed by atoms with Gasteiger partial charge in [-0.1, -0.05) is 18.5 Å². The normalized spacial score (nSPS) is 9.75. The van der Waals surface area contributed by atoms with Gasteiger partial charge in [0, 0.05) is 5.56 Å². The second-order valence-electron chi connectivity index (χ2n) is 1.47. The van der Waals surface area contributed by atoms with Gasteiger partial charge in [0.15, 0.2) is 5.15 Å². The standard InChI is InChI=1S/C5H6ClN2/c1-2-4-3-7-8-5(4)6/h2H2,1H3,(H,7,8). The third kappa shape index (κ3) is 0.842. The molecule has 8 heavy (non-hydrogen) atoms. The lowest BCUT2D eigenvalue weighted by atomic mass is 10.3. The first-order chi connectivity index (χ1) is 3.84. The van der Waals surface area contributed by atoms with Gasteiger partial charge < -0.3 is 0 Å². The zero-order chi connectivity index (χ0) is 5.98. The zero-order valence-electron chi connectivity index (χ0n) is 4.53. The number of aromatic amines is 1. The summed E-state index contributed by atoms with van der Waals surface area (Å²) in [7, 11) is 0. The van der Waals surface area contributed by atoms with Crippen LogP contribution in [0.4, 0.5) is 0 Å². The molecule has 0 unspecified atom stereocenters. The number of halogens is 1. The summed E-state index contributed by atoms with van der Waals surface area (Å²) in [5.41, 5.74) is 0.951. The molecule has 1 aromatic rings. The van der Waals surface area contributed by atoms with E-state index in [0.29, 0.717) is 5.15 Å². The fraction of sp³-hybridized carbons (Fsp3) is 0.400. The highest BCUT2D eigenvalue weighted by molar-refractivity contribution is 6.30. The van der Waals surface area contributed by atoms with Crippen molar-refractivity contribution in [3.63, 3.8) is 0 Å². The molecule has 0 saturated heterocycles. The van der Waals surface area contributed by atoms with Crippen LogP contribution in [0.25, 0.3) is 0 Å². The van der Waals surface area contributed by atoms with Crippen molar-refractivity contribution in [2.75, 3.05) is 0 Å². The summed E-state index contributed by atoms with van der Waals surface area (Å²) < 4.78 is 0. The van der Waals surface area contributed by atoms with Gasteiger partial charge in [-0.2, -0.15) is 5.10 Å². The molecule has 3 heteroatoms. The number of nitrogens with one attached hydrogen (secondary N) is 1. The maximum atomic E-state index is 5.57. The van der Waals surface area contributed by atoms with Crippen molar-refractivity contribution >= 4 is 11.6 Å². The number of nitrogens with zero attached hydrogens (tertiary/aromatic N) is 1. The Hall–Kier alpha value is -0.500. The van der Waals surface area contributed by atoms with Gasteiger partial charge in [-0.05, 0) is 6.42 Å². The average molecular weight is 130 g/mol. The molecule has 2 nitrogen and oxygen atoms in total. The Morgan fingerprint density at radius 3 is 2.88 bits per heavy atom. The van der Waals surface area contributed by atoms with Crippen LogP contribution >= 0.6 is 11.6 Å². The van der Waals surface area contributed by atoms with E-state index in [0.717, 1.165) is 12.0 Å². The number of aromatic nitrogens is 2. The van der Waals surface area contributed by atoms with Crippen LogP contribution in [0, 0.1) is 6.20 Å². The molecule has 1 rings (SSSR count). The fourth-order valence-electron chi connectivity index (χ4n) is 0.498. The van der Waals surface area contributed by atoms with Crippen LogP contribution in [0.15, 0.2) is 0 Å². The van der Waals surface area contributed by atoms with Crippen LogP contribution in [-0.4, -0.2) is 10.2 Å². The van der Waals surface area contributed by atoms with Crippen molar-refractivity contribution in [1.82, 2.24) is 10.2 Å². The summed E-state index contributed by atoms with van der Waals surface area (Å²) in [4.78, 5) is 0. The second-order valence-corrected chi connectivity index (χ2v) is 1.83. The third-order valence-corrected chi connectivity index (χ3v) is 1.28. The van der Waals surface area contributed by atoms with Crippen LogP contribution < -0.4 is 0 Å². The topological polar surface area (TPSA) is 28.7 Å². The Labute approximate surface area is 52.9 Å². The molecule has 43 valence electrons. The third-order valence-electron chi connectivity index (χ3n) is 0.963. The summed E-state index contributed by atoms with van der Waals surface area (Å²) in [5.74, 6) is 0. The Morgan fingerprint density at radius 2 is 2.62 bits per heavy atom. The number of hydrogen-bond acceptors (Lipinski definition) is 1. The molecule has 0 aliphatic rings. The Bertz CT molecular complexity index is 171. The summed E-state index contributed by atoms with van der Waals surface area (Å²) in [5, 5.41) is 6.75. The van der Waals surface area contributed by atoms with E-state index >= 15 is 0 Å². The molecule has 1 N–H and O–H groups in total. The minimum absolute atomic E-state index is 0.535. The van der Waals surface area contributed by atoms with Crippen molar-refractivity contribution in [3.05, 3.63) is 16.9 Å². The highest BCUT2D eigenvalue weighted by Gasteiger charge is 1.97. The molecule has 1 radical (unpaired) electrons. The van der Waals surface area contributed by atoms with Crippen LogP contribution in [0.1, 0.15) is 12.5 Å². The van der Waals surface area contributed by atoms with Crippen molar-refractivity contribution in [1.29, 1.82) is 0 Å². The zero-order valence-corrected chi connectivity index (χ0v) is 5.29. The van der Waals surface area contributed by atoms with Gasteiger partial charge in [-0.3, -0.25) is 5.10 Å². The minimum Gasteiger partial charge on any atom is -0.274 e. The lowest BCUT2D eigenvalue weighted by Crippen LogP contribution is -1.73. The predicted molar refractivity (Wildman–Crippen MR) is 31.8 cm³/mol. The van der Waals surface area contributed by atoms with Crippen molar-refractivity contribution in [2.24, 2.45) is 0 Å². The monoisotopic (exact) mass is 129 g/mol. The molecule has 0 amide bonds. The van der Waals surface area contributed by atoms with Gasteiger partial charge in [0.05, 0.1) is 6.20 Å². The van der Waals surface area contributed by atoms with Crippen LogP contribution in [0.2, 0.25) is 5.15 Å². The van der Waals surface area contributed by atoms with E-state index in [9.17, 15) is 0 Å². The van der Waals surface area contributed by atoms with Gasteiger partial charge in [-0.15, -0.1) is 0 Å². The van der Waals surface area contributed by atoms with Gasteiger partial charge >= 0.3 is 0 Å². The lowest BCUT2D eigenvalue weighted by Gasteiger charge is -1.82. The number of aryl methyl sites for hydroxylation is 1. The minimum atomic E-state index is 0.535. The largest absolute Gasteiger partial charge is 0.274 e. The predicted octanol–water partition coefficient (Wildman–Crippen LogP) is 1.43. The highest BCUT2D eigenvalue weighted by atomic mass is 35.5. The Balaban J connectivity index is 2.92. The Kier molecular flexibility index (Phi) is 1.53. The quantitative estimate of drug-likeness (QED) is 0.611. The smallest absolute Gasteiger partial charge is 0.154 e. The van der Waals surface area contributed by atoms with E-state index < -0.39 is 0 Å². The van der Waals surface area contributed by atoms with Gasteiger partial charge in [0.2, 0.25) is 0 Å². The number of H-pyrrole nitrogens is 1. The van der Waals surface area contributed by atoms with E-state index in [4.69, 9.17) is 11.6 Å². The average Bonchev–Trinajstić information content (AvgIpc) is 2.14. The molecular formula is C5H6ClN2. The van der Waals surface area contributed by atoms with Gasteiger partial charge in [-0.25, -0.2) is 0 Å². The SMILES string of the molecule is CCc1[c][nH]nc1Cl. The summed E-state index contributed by atoms with van der Waals surface area (Å²) in [6, 6.07) is 0. The summed E-state index contributed by atoms with van der Waals surface area (Å²) in [6.45, 7) is 2.01. The van der Waals surface area contributed by atoms with Gasteiger partial charge in [0.25, 0.3) is 0 Å². The molecule has 1 aromatic heterocycles. The van der Waals surface area contributed by atoms with E-state index in [-0.39, 0.29) is 0 Å². The maximum Gasteiger partial charge on any atom is 0.154 e. The number of hydrogen-bond donors (Lipinski definition) is 1. The van der Waals surface area contributed by atoms with Crippen molar-refractivity contribution in [3.8, 4) is 0 Å². The maximum absolute atomic E-state index is 5.57. The second kappa shape index (κ2) is 2.18.